The summed E-state index contributed by atoms with van der Waals surface area (Å²) in [7, 11) is 0. The number of carboxylic acid groups (broad SMARTS) is 1. The van der Waals surface area contributed by atoms with Crippen molar-refractivity contribution < 1.29 is 34.5 Å². The molecule has 0 aromatic heterocycles. The predicted molar refractivity (Wildman–Crippen MR) is 42.3 cm³/mol. The van der Waals surface area contributed by atoms with Gasteiger partial charge in [0.25, 0.3) is 0 Å². The molecule has 1 aromatic rings. The normalized spacial score (nSPS) is 8.75. The molecule has 12 heavy (non-hydrogen) atoms. The van der Waals surface area contributed by atoms with Gasteiger partial charge in [-0.2, -0.15) is 0 Å². The number of phenolic OH excluding ortho intramolecular Hbond substituents is 1. The van der Waals surface area contributed by atoms with Crippen LogP contribution in [0.4, 0.5) is 0 Å². The third-order valence-electron chi connectivity index (χ3n) is 1.22. The first-order valence-corrected chi connectivity index (χ1v) is 3.31. The Morgan fingerprint density at radius 3 is 2.42 bits per heavy atom. The molecule has 0 aliphatic rings. The molecule has 0 bridgehead atoms. The van der Waals surface area contributed by atoms with Crippen molar-refractivity contribution in [2.75, 3.05) is 0 Å². The van der Waals surface area contributed by atoms with Gasteiger partial charge in [0, 0.05) is 24.4 Å². The first-order valence-electron chi connectivity index (χ1n) is 2.86. The van der Waals surface area contributed by atoms with E-state index in [2.05, 4.69) is 12.6 Å². The second-order valence-electron chi connectivity index (χ2n) is 2.01. The van der Waals surface area contributed by atoms with Crippen molar-refractivity contribution in [3.05, 3.63) is 23.8 Å². The zero-order valence-electron chi connectivity index (χ0n) is 6.19. The van der Waals surface area contributed by atoms with Crippen molar-refractivity contribution in [1.29, 1.82) is 0 Å². The zero-order valence-corrected chi connectivity index (χ0v) is 10.1. The van der Waals surface area contributed by atoms with E-state index in [-0.39, 0.29) is 30.8 Å². The van der Waals surface area contributed by atoms with Crippen molar-refractivity contribution in [1.82, 2.24) is 0 Å². The Morgan fingerprint density at radius 1 is 1.42 bits per heavy atom. The van der Waals surface area contributed by atoms with Crippen LogP contribution in [0.2, 0.25) is 0 Å². The minimum Gasteiger partial charge on any atom is -0.507 e. The molecule has 0 saturated carbocycles. The number of hydrogen-bond acceptors (Lipinski definition) is 3. The van der Waals surface area contributed by atoms with Crippen LogP contribution in [0.25, 0.3) is 0 Å². The van der Waals surface area contributed by atoms with E-state index < -0.39 is 5.97 Å². The molecule has 1 rings (SSSR count). The summed E-state index contributed by atoms with van der Waals surface area (Å²) in [5, 5.41) is 17.5. The molecule has 0 aliphatic heterocycles. The third-order valence-corrected chi connectivity index (χ3v) is 1.60. The largest absolute Gasteiger partial charge is 0.507 e. The molecular formula is C7H6O3SZn. The van der Waals surface area contributed by atoms with E-state index in [0.717, 1.165) is 6.07 Å². The van der Waals surface area contributed by atoms with Gasteiger partial charge in [0.15, 0.2) is 0 Å². The summed E-state index contributed by atoms with van der Waals surface area (Å²) < 4.78 is 0. The first kappa shape index (κ1) is 11.5. The van der Waals surface area contributed by atoms with E-state index in [4.69, 9.17) is 10.2 Å². The maximum atomic E-state index is 10.3. The molecule has 0 fully saturated rings. The van der Waals surface area contributed by atoms with Crippen LogP contribution in [0.5, 0.6) is 5.75 Å². The Balaban J connectivity index is 0.00000121. The minimum atomic E-state index is -1.06. The van der Waals surface area contributed by atoms with Gasteiger partial charge in [0.2, 0.25) is 0 Å². The number of aromatic carboxylic acids is 1. The average Bonchev–Trinajstić information content (AvgIpc) is 1.94. The van der Waals surface area contributed by atoms with Gasteiger partial charge in [0.05, 0.1) is 5.56 Å². The summed E-state index contributed by atoms with van der Waals surface area (Å²) in [6.45, 7) is 0. The van der Waals surface area contributed by atoms with Crippen molar-refractivity contribution in [3.63, 3.8) is 0 Å². The number of carboxylic acids is 1. The summed E-state index contributed by atoms with van der Waals surface area (Å²) in [4.78, 5) is 10.7. The fourth-order valence-corrected chi connectivity index (χ4v) is 0.796. The number of aromatic hydroxyl groups is 1. The van der Waals surface area contributed by atoms with Gasteiger partial charge >= 0.3 is 5.97 Å². The molecule has 0 atom stereocenters. The zero-order chi connectivity index (χ0) is 8.43. The molecule has 0 saturated heterocycles. The molecule has 0 amide bonds. The minimum absolute atomic E-state index is 0. The Bertz CT molecular complexity index is 301. The molecule has 2 N–H and O–H groups in total. The number of phenols is 1. The molecule has 5 heteroatoms. The number of rotatable bonds is 1. The smallest absolute Gasteiger partial charge is 0.335 e. The molecule has 0 aliphatic carbocycles. The second-order valence-corrected chi connectivity index (χ2v) is 2.49. The Kier molecular flexibility index (Phi) is 4.28. The van der Waals surface area contributed by atoms with Crippen LogP contribution in [0.3, 0.4) is 0 Å². The topological polar surface area (TPSA) is 57.5 Å². The molecule has 0 spiro atoms. The molecular weight excluding hydrogens is 230 g/mol. The van der Waals surface area contributed by atoms with Crippen LogP contribution in [0.15, 0.2) is 23.1 Å². The van der Waals surface area contributed by atoms with Crippen LogP contribution in [0, 0.1) is 0 Å². The van der Waals surface area contributed by atoms with E-state index in [0.29, 0.717) is 4.90 Å². The molecule has 60 valence electrons. The number of benzene rings is 1. The van der Waals surface area contributed by atoms with E-state index in [1.165, 1.54) is 12.1 Å². The average molecular weight is 236 g/mol. The molecule has 0 heterocycles. The Morgan fingerprint density at radius 2 is 2.00 bits per heavy atom. The van der Waals surface area contributed by atoms with Crippen LogP contribution in [0.1, 0.15) is 10.4 Å². The first-order chi connectivity index (χ1) is 5.11. The fraction of sp³-hybridized carbons (Fsp3) is 0. The third kappa shape index (κ3) is 2.50. The maximum Gasteiger partial charge on any atom is 0.335 e. The number of thiol groups is 1. The van der Waals surface area contributed by atoms with E-state index in [1.807, 2.05) is 0 Å². The van der Waals surface area contributed by atoms with E-state index in [1.54, 1.807) is 0 Å². The molecule has 3 nitrogen and oxygen atoms in total. The van der Waals surface area contributed by atoms with Gasteiger partial charge < -0.3 is 10.2 Å². The quantitative estimate of drug-likeness (QED) is 0.509. The van der Waals surface area contributed by atoms with E-state index in [9.17, 15) is 4.79 Å². The number of hydrogen-bond donors (Lipinski definition) is 3. The van der Waals surface area contributed by atoms with Crippen LogP contribution in [-0.4, -0.2) is 16.2 Å². The summed E-state index contributed by atoms with van der Waals surface area (Å²) in [5.74, 6) is -1.18. The van der Waals surface area contributed by atoms with Gasteiger partial charge in [-0.1, -0.05) is 0 Å². The Hall–Kier alpha value is -0.537. The van der Waals surface area contributed by atoms with Gasteiger partial charge in [-0.15, -0.1) is 12.6 Å². The standard InChI is InChI=1S/C7H6O3S.Zn/c8-5-3-4(7(9)10)1-2-6(5)11;/h1-3,8,11H,(H,9,10);. The maximum absolute atomic E-state index is 10.3. The fourth-order valence-electron chi connectivity index (χ4n) is 0.656. The molecule has 1 aromatic carbocycles. The Labute approximate surface area is 87.6 Å². The monoisotopic (exact) mass is 234 g/mol. The van der Waals surface area contributed by atoms with Crippen LogP contribution in [-0.2, 0) is 19.5 Å². The van der Waals surface area contributed by atoms with Crippen molar-refractivity contribution in [2.45, 2.75) is 4.90 Å². The van der Waals surface area contributed by atoms with Gasteiger partial charge in [0.1, 0.15) is 5.75 Å². The summed E-state index contributed by atoms with van der Waals surface area (Å²) >= 11 is 3.87. The van der Waals surface area contributed by atoms with E-state index >= 15 is 0 Å². The molecule has 0 unspecified atom stereocenters. The van der Waals surface area contributed by atoms with Gasteiger partial charge in [-0.05, 0) is 18.2 Å². The molecule has 0 radical (unpaired) electrons. The van der Waals surface area contributed by atoms with Gasteiger partial charge in [-0.25, -0.2) is 4.79 Å². The van der Waals surface area contributed by atoms with Crippen molar-refractivity contribution in [2.24, 2.45) is 0 Å². The summed E-state index contributed by atoms with van der Waals surface area (Å²) in [5.41, 5.74) is 0.0558. The van der Waals surface area contributed by atoms with Crippen LogP contribution >= 0.6 is 12.6 Å². The predicted octanol–water partition coefficient (Wildman–Crippen LogP) is 1.38. The summed E-state index contributed by atoms with van der Waals surface area (Å²) in [6, 6.07) is 3.97. The van der Waals surface area contributed by atoms with Gasteiger partial charge in [-0.3, -0.25) is 0 Å². The van der Waals surface area contributed by atoms with Crippen LogP contribution < -0.4 is 0 Å². The van der Waals surface area contributed by atoms with Crippen molar-refractivity contribution in [3.8, 4) is 5.75 Å². The summed E-state index contributed by atoms with van der Waals surface area (Å²) in [6.07, 6.45) is 0. The second kappa shape index (κ2) is 4.48. The SMILES string of the molecule is O=C(O)c1ccc(S)c(O)c1.[Zn]. The number of carbonyl (C=O) groups is 1. The van der Waals surface area contributed by atoms with Crippen molar-refractivity contribution >= 4 is 18.6 Å².